The highest BCUT2D eigenvalue weighted by molar-refractivity contribution is 5.83. The Morgan fingerprint density at radius 2 is 1.60 bits per heavy atom. The summed E-state index contributed by atoms with van der Waals surface area (Å²) in [6, 6.07) is 0. The number of hydrogen-bond acceptors (Lipinski definition) is 8. The van der Waals surface area contributed by atoms with Crippen LogP contribution in [0.2, 0.25) is 0 Å². The van der Waals surface area contributed by atoms with Crippen LogP contribution in [0.25, 0.3) is 0 Å². The maximum Gasteiger partial charge on any atom is 0.338 e. The Morgan fingerprint density at radius 3 is 2.19 bits per heavy atom. The number of rotatable bonds is 8. The summed E-state index contributed by atoms with van der Waals surface area (Å²) in [7, 11) is 0. The first-order chi connectivity index (χ1) is 19.5. The predicted molar refractivity (Wildman–Crippen MR) is 134 cm³/mol. The molecule has 1 aliphatic heterocycles. The molecule has 0 aromatic rings. The molecule has 8 aliphatic carbocycles. The van der Waals surface area contributed by atoms with Crippen molar-refractivity contribution in [2.24, 2.45) is 35.0 Å². The molecule has 8 saturated carbocycles. The molecule has 0 aromatic heterocycles. The van der Waals surface area contributed by atoms with Gasteiger partial charge in [0, 0.05) is 25.2 Å². The van der Waals surface area contributed by atoms with Crippen molar-refractivity contribution < 1.29 is 56.0 Å². The van der Waals surface area contributed by atoms with Crippen molar-refractivity contribution in [3.8, 4) is 0 Å². The monoisotopic (exact) mass is 602 g/mol. The molecule has 0 aromatic carbocycles. The number of hydrogen-bond donors (Lipinski definition) is 1. The van der Waals surface area contributed by atoms with E-state index in [4.69, 9.17) is 18.9 Å². The fourth-order valence-electron chi connectivity index (χ4n) is 10.5. The third-order valence-electron chi connectivity index (χ3n) is 11.6. The molecule has 0 radical (unpaired) electrons. The molecule has 9 rings (SSSR count). The zero-order valence-corrected chi connectivity index (χ0v) is 23.7. The Morgan fingerprint density at radius 1 is 0.952 bits per heavy atom. The minimum atomic E-state index is -4.30. The van der Waals surface area contributed by atoms with Gasteiger partial charge in [0.05, 0.1) is 30.5 Å². The third kappa shape index (κ3) is 4.47. The summed E-state index contributed by atoms with van der Waals surface area (Å²) in [5.41, 5.74) is -2.72. The van der Waals surface area contributed by atoms with E-state index in [1.54, 1.807) is 0 Å². The summed E-state index contributed by atoms with van der Waals surface area (Å²) >= 11 is 0. The maximum absolute atomic E-state index is 13.7. The Kier molecular flexibility index (Phi) is 6.20. The van der Waals surface area contributed by atoms with Crippen LogP contribution in [0.4, 0.5) is 17.6 Å². The van der Waals surface area contributed by atoms with Crippen molar-refractivity contribution in [1.82, 2.24) is 0 Å². The minimum absolute atomic E-state index is 0.0721. The summed E-state index contributed by atoms with van der Waals surface area (Å²) in [6.07, 6.45) is 3.73. The molecule has 42 heavy (non-hydrogen) atoms. The largest absolute Gasteiger partial charge is 0.465 e. The number of carbonyl (C=O) groups is 3. The van der Waals surface area contributed by atoms with Gasteiger partial charge in [-0.15, -0.1) is 0 Å². The van der Waals surface area contributed by atoms with Gasteiger partial charge < -0.3 is 24.1 Å². The van der Waals surface area contributed by atoms with E-state index in [2.05, 4.69) is 0 Å². The SMILES string of the molecule is CC(F)(F)C(F)(F)CCOC(=O)C12CC3CC(CC(OC(=O)CC4OC5(OC4=O)C4CC6CC5CC(O)(C6)C4)(C3)C1)C2. The second-order valence-corrected chi connectivity index (χ2v) is 14.9. The van der Waals surface area contributed by atoms with Gasteiger partial charge in [0.15, 0.2) is 6.10 Å². The fourth-order valence-corrected chi connectivity index (χ4v) is 10.5. The van der Waals surface area contributed by atoms with Gasteiger partial charge in [0.1, 0.15) is 5.60 Å². The van der Waals surface area contributed by atoms with Crippen LogP contribution in [0, 0.1) is 35.0 Å². The second-order valence-electron chi connectivity index (χ2n) is 14.9. The number of carbonyl (C=O) groups excluding carboxylic acids is 3. The molecule has 1 heterocycles. The Labute approximate surface area is 241 Å². The lowest BCUT2D eigenvalue weighted by molar-refractivity contribution is -0.314. The summed E-state index contributed by atoms with van der Waals surface area (Å²) < 4.78 is 77.1. The predicted octanol–water partition coefficient (Wildman–Crippen LogP) is 4.69. The number of aliphatic hydroxyl groups is 1. The third-order valence-corrected chi connectivity index (χ3v) is 11.6. The first kappa shape index (κ1) is 28.8. The first-order valence-electron chi connectivity index (χ1n) is 15.3. The maximum atomic E-state index is 13.7. The molecule has 12 heteroatoms. The summed E-state index contributed by atoms with van der Waals surface area (Å²) in [5.74, 6) is -11.3. The lowest BCUT2D eigenvalue weighted by Gasteiger charge is -2.60. The lowest BCUT2D eigenvalue weighted by Crippen LogP contribution is -2.64. The van der Waals surface area contributed by atoms with Gasteiger partial charge >= 0.3 is 29.8 Å². The topological polar surface area (TPSA) is 108 Å². The van der Waals surface area contributed by atoms with Gasteiger partial charge in [0.2, 0.25) is 5.79 Å². The average Bonchev–Trinajstić information content (AvgIpc) is 3.16. The van der Waals surface area contributed by atoms with Crippen LogP contribution in [-0.4, -0.2) is 64.6 Å². The molecule has 9 aliphatic rings. The van der Waals surface area contributed by atoms with E-state index in [0.717, 1.165) is 25.7 Å². The van der Waals surface area contributed by atoms with Crippen molar-refractivity contribution in [2.45, 2.75) is 125 Å². The summed E-state index contributed by atoms with van der Waals surface area (Å²) in [4.78, 5) is 39.4. The zero-order chi connectivity index (χ0) is 29.9. The van der Waals surface area contributed by atoms with Crippen molar-refractivity contribution in [3.63, 3.8) is 0 Å². The highest BCUT2D eigenvalue weighted by Crippen LogP contribution is 2.65. The van der Waals surface area contributed by atoms with Gasteiger partial charge in [-0.2, -0.15) is 8.78 Å². The van der Waals surface area contributed by atoms with E-state index < -0.39 is 71.3 Å². The van der Waals surface area contributed by atoms with Crippen molar-refractivity contribution in [1.29, 1.82) is 0 Å². The molecule has 0 amide bonds. The van der Waals surface area contributed by atoms with E-state index >= 15 is 0 Å². The van der Waals surface area contributed by atoms with Gasteiger partial charge in [-0.25, -0.2) is 13.6 Å². The second kappa shape index (κ2) is 9.05. The summed E-state index contributed by atoms with van der Waals surface area (Å²) in [6.45, 7) is -0.697. The first-order valence-corrected chi connectivity index (χ1v) is 15.3. The van der Waals surface area contributed by atoms with Gasteiger partial charge in [0.25, 0.3) is 0 Å². The number of alkyl halides is 4. The minimum Gasteiger partial charge on any atom is -0.465 e. The van der Waals surface area contributed by atoms with Crippen LogP contribution in [0.5, 0.6) is 0 Å². The molecule has 1 saturated heterocycles. The number of halogens is 4. The Hall–Kier alpha value is -1.95. The molecule has 1 spiro atoms. The molecule has 234 valence electrons. The van der Waals surface area contributed by atoms with E-state index in [9.17, 15) is 37.1 Å². The molecule has 8 nitrogen and oxygen atoms in total. The normalized spacial score (nSPS) is 46.8. The number of ether oxygens (including phenoxy) is 4. The molecule has 5 unspecified atom stereocenters. The van der Waals surface area contributed by atoms with Crippen molar-refractivity contribution in [2.75, 3.05) is 6.61 Å². The van der Waals surface area contributed by atoms with Crippen molar-refractivity contribution in [3.05, 3.63) is 0 Å². The van der Waals surface area contributed by atoms with E-state index in [1.807, 2.05) is 0 Å². The van der Waals surface area contributed by atoms with Crippen LogP contribution in [0.1, 0.15) is 90.4 Å². The highest BCUT2D eigenvalue weighted by Gasteiger charge is 2.69. The number of esters is 3. The van der Waals surface area contributed by atoms with Crippen LogP contribution in [0.15, 0.2) is 0 Å². The summed E-state index contributed by atoms with van der Waals surface area (Å²) in [5, 5.41) is 10.9. The van der Waals surface area contributed by atoms with E-state index in [1.165, 1.54) is 0 Å². The van der Waals surface area contributed by atoms with Crippen molar-refractivity contribution >= 4 is 17.9 Å². The van der Waals surface area contributed by atoms with Crippen LogP contribution in [0.3, 0.4) is 0 Å². The molecule has 9 fully saturated rings. The molecular formula is C30H38F4O8. The standard InChI is InChI=1S/C30H38F4O8/c1-25(31,32)29(33,34)2-3-39-24(37)26-8-17-4-18(9-26)12-28(11-17,15-26)41-22(35)7-21-23(36)42-30(40-21)19-5-16-6-20(30)14-27(38,10-16)13-19/h16-21,38H,2-15H2,1H3. The van der Waals surface area contributed by atoms with Gasteiger partial charge in [-0.1, -0.05) is 0 Å². The Balaban J connectivity index is 0.997. The smallest absolute Gasteiger partial charge is 0.338 e. The fraction of sp³-hybridized carbons (Fsp3) is 0.900. The van der Waals surface area contributed by atoms with Crippen LogP contribution < -0.4 is 0 Å². The zero-order valence-electron chi connectivity index (χ0n) is 23.7. The molecule has 8 bridgehead atoms. The van der Waals surface area contributed by atoms with E-state index in [-0.39, 0.29) is 43.4 Å². The van der Waals surface area contributed by atoms with Gasteiger partial charge in [-0.3, -0.25) is 9.59 Å². The molecule has 5 atom stereocenters. The molecular weight excluding hydrogens is 564 g/mol. The Bertz CT molecular complexity index is 1150. The van der Waals surface area contributed by atoms with E-state index in [0.29, 0.717) is 44.4 Å². The quantitative estimate of drug-likeness (QED) is 0.242. The highest BCUT2D eigenvalue weighted by atomic mass is 19.3. The van der Waals surface area contributed by atoms with Gasteiger partial charge in [-0.05, 0) is 82.0 Å². The lowest BCUT2D eigenvalue weighted by atomic mass is 9.48. The average molecular weight is 603 g/mol. The van der Waals surface area contributed by atoms with Crippen LogP contribution in [-0.2, 0) is 33.3 Å². The van der Waals surface area contributed by atoms with Crippen LogP contribution >= 0.6 is 0 Å². The molecule has 1 N–H and O–H groups in total.